The summed E-state index contributed by atoms with van der Waals surface area (Å²) in [6.07, 6.45) is 4.46. The van der Waals surface area contributed by atoms with Crippen molar-refractivity contribution in [2.75, 3.05) is 19.8 Å². The molecule has 2 N–H and O–H groups in total. The number of carboxylic acids is 1. The topological polar surface area (TPSA) is 75.6 Å². The second kappa shape index (κ2) is 6.18. The van der Waals surface area contributed by atoms with E-state index >= 15 is 0 Å². The minimum absolute atomic E-state index is 0.00544. The van der Waals surface area contributed by atoms with Gasteiger partial charge in [0.15, 0.2) is 0 Å². The molecule has 0 radical (unpaired) electrons. The van der Waals surface area contributed by atoms with Crippen LogP contribution in [-0.2, 0) is 14.3 Å². The van der Waals surface area contributed by atoms with Gasteiger partial charge in [0.05, 0.1) is 5.92 Å². The molecule has 0 spiro atoms. The smallest absolute Gasteiger partial charge is 0.308 e. The predicted molar refractivity (Wildman–Crippen MR) is 65.0 cm³/mol. The zero-order valence-electron chi connectivity index (χ0n) is 10.6. The number of hydrogen-bond donors (Lipinski definition) is 2. The van der Waals surface area contributed by atoms with E-state index in [0.29, 0.717) is 25.6 Å². The fraction of sp³-hybridized carbons (Fsp3) is 0.846. The number of ether oxygens (including phenoxy) is 1. The molecule has 0 aromatic carbocycles. The van der Waals surface area contributed by atoms with Gasteiger partial charge in [0, 0.05) is 25.7 Å². The van der Waals surface area contributed by atoms with Crippen molar-refractivity contribution >= 4 is 11.9 Å². The average Bonchev–Trinajstić information content (AvgIpc) is 3.18. The minimum atomic E-state index is -0.797. The second-order valence-corrected chi connectivity index (χ2v) is 5.35. The van der Waals surface area contributed by atoms with Gasteiger partial charge in [-0.1, -0.05) is 12.8 Å². The highest BCUT2D eigenvalue weighted by Gasteiger charge is 2.30. The first kappa shape index (κ1) is 13.3. The number of amides is 1. The molecule has 0 aromatic rings. The van der Waals surface area contributed by atoms with Crippen molar-refractivity contribution < 1.29 is 19.4 Å². The number of rotatable bonds is 6. The first-order chi connectivity index (χ1) is 8.66. The molecule has 1 aliphatic carbocycles. The third-order valence-electron chi connectivity index (χ3n) is 3.78. The van der Waals surface area contributed by atoms with Crippen LogP contribution in [0.25, 0.3) is 0 Å². The van der Waals surface area contributed by atoms with Crippen molar-refractivity contribution in [2.24, 2.45) is 17.8 Å². The van der Waals surface area contributed by atoms with E-state index in [-0.39, 0.29) is 18.4 Å². The van der Waals surface area contributed by atoms with Crippen molar-refractivity contribution in [3.05, 3.63) is 0 Å². The summed E-state index contributed by atoms with van der Waals surface area (Å²) in [6, 6.07) is 0. The Kier molecular flexibility index (Phi) is 4.58. The van der Waals surface area contributed by atoms with E-state index in [9.17, 15) is 9.59 Å². The summed E-state index contributed by atoms with van der Waals surface area (Å²) in [5.41, 5.74) is 0. The van der Waals surface area contributed by atoms with Gasteiger partial charge in [-0.3, -0.25) is 9.59 Å². The number of carbonyl (C=O) groups is 2. The summed E-state index contributed by atoms with van der Waals surface area (Å²) in [5, 5.41) is 11.9. The van der Waals surface area contributed by atoms with Crippen molar-refractivity contribution in [1.82, 2.24) is 5.32 Å². The maximum atomic E-state index is 11.9. The fourth-order valence-corrected chi connectivity index (χ4v) is 2.36. The highest BCUT2D eigenvalue weighted by molar-refractivity contribution is 5.79. The van der Waals surface area contributed by atoms with Gasteiger partial charge in [0.1, 0.15) is 0 Å². The summed E-state index contributed by atoms with van der Waals surface area (Å²) in [5.74, 6) is -0.684. The van der Waals surface area contributed by atoms with E-state index < -0.39 is 11.9 Å². The van der Waals surface area contributed by atoms with Gasteiger partial charge in [-0.15, -0.1) is 0 Å². The molecule has 0 aromatic heterocycles. The lowest BCUT2D eigenvalue weighted by Gasteiger charge is -2.22. The SMILES string of the molecule is O=C(O)C(CNC(=O)C1CCOCC1)CC1CC1. The van der Waals surface area contributed by atoms with Crippen LogP contribution in [0.1, 0.15) is 32.1 Å². The van der Waals surface area contributed by atoms with Crippen LogP contribution in [0.3, 0.4) is 0 Å². The molecule has 1 saturated heterocycles. The van der Waals surface area contributed by atoms with Crippen LogP contribution in [0.5, 0.6) is 0 Å². The summed E-state index contributed by atoms with van der Waals surface area (Å²) < 4.78 is 5.20. The highest BCUT2D eigenvalue weighted by Crippen LogP contribution is 2.35. The molecule has 102 valence electrons. The largest absolute Gasteiger partial charge is 0.481 e. The van der Waals surface area contributed by atoms with E-state index in [4.69, 9.17) is 9.84 Å². The Morgan fingerprint density at radius 1 is 1.22 bits per heavy atom. The Morgan fingerprint density at radius 3 is 2.44 bits per heavy atom. The minimum Gasteiger partial charge on any atom is -0.481 e. The molecule has 1 atom stereocenters. The molecule has 1 aliphatic heterocycles. The molecule has 5 heteroatoms. The summed E-state index contributed by atoms with van der Waals surface area (Å²) >= 11 is 0. The van der Waals surface area contributed by atoms with Crippen LogP contribution in [0, 0.1) is 17.8 Å². The van der Waals surface area contributed by atoms with Crippen LogP contribution in [-0.4, -0.2) is 36.7 Å². The fourth-order valence-electron chi connectivity index (χ4n) is 2.36. The van der Waals surface area contributed by atoms with Crippen LogP contribution >= 0.6 is 0 Å². The molecule has 1 heterocycles. The molecule has 2 fully saturated rings. The highest BCUT2D eigenvalue weighted by atomic mass is 16.5. The Hall–Kier alpha value is -1.10. The van der Waals surface area contributed by atoms with Gasteiger partial charge in [0.25, 0.3) is 0 Å². The van der Waals surface area contributed by atoms with Gasteiger partial charge < -0.3 is 15.2 Å². The van der Waals surface area contributed by atoms with E-state index in [1.807, 2.05) is 0 Å². The van der Waals surface area contributed by atoms with E-state index in [1.165, 1.54) is 0 Å². The Balaban J connectivity index is 1.73. The molecular weight excluding hydrogens is 234 g/mol. The van der Waals surface area contributed by atoms with Crippen molar-refractivity contribution in [3.63, 3.8) is 0 Å². The third-order valence-corrected chi connectivity index (χ3v) is 3.78. The Bertz CT molecular complexity index is 308. The summed E-state index contributed by atoms with van der Waals surface area (Å²) in [7, 11) is 0. The lowest BCUT2D eigenvalue weighted by Crippen LogP contribution is -2.38. The molecule has 5 nitrogen and oxygen atoms in total. The monoisotopic (exact) mass is 255 g/mol. The molecular formula is C13H21NO4. The Labute approximate surface area is 107 Å². The van der Waals surface area contributed by atoms with Gasteiger partial charge >= 0.3 is 5.97 Å². The molecule has 18 heavy (non-hydrogen) atoms. The van der Waals surface area contributed by atoms with Gasteiger partial charge in [0.2, 0.25) is 5.91 Å². The number of hydrogen-bond acceptors (Lipinski definition) is 3. The standard InChI is InChI=1S/C13H21NO4/c15-12(10-3-5-18-6-4-10)14-8-11(13(16)17)7-9-1-2-9/h9-11H,1-8H2,(H,14,15)(H,16,17). The molecule has 0 bridgehead atoms. The number of nitrogens with one attached hydrogen (secondary N) is 1. The van der Waals surface area contributed by atoms with Crippen molar-refractivity contribution in [1.29, 1.82) is 0 Å². The predicted octanol–water partition coefficient (Wildman–Crippen LogP) is 1.03. The van der Waals surface area contributed by atoms with Gasteiger partial charge in [-0.25, -0.2) is 0 Å². The van der Waals surface area contributed by atoms with Crippen molar-refractivity contribution in [3.8, 4) is 0 Å². The van der Waals surface area contributed by atoms with Crippen LogP contribution in [0.15, 0.2) is 0 Å². The molecule has 1 saturated carbocycles. The summed E-state index contributed by atoms with van der Waals surface area (Å²) in [6.45, 7) is 1.52. The number of aliphatic carboxylic acids is 1. The molecule has 2 aliphatic rings. The summed E-state index contributed by atoms with van der Waals surface area (Å²) in [4.78, 5) is 22.9. The van der Waals surface area contributed by atoms with Crippen LogP contribution in [0.2, 0.25) is 0 Å². The average molecular weight is 255 g/mol. The van der Waals surface area contributed by atoms with Crippen molar-refractivity contribution in [2.45, 2.75) is 32.1 Å². The maximum Gasteiger partial charge on any atom is 0.308 e. The zero-order valence-corrected chi connectivity index (χ0v) is 10.6. The third kappa shape index (κ3) is 3.98. The lowest BCUT2D eigenvalue weighted by molar-refractivity contribution is -0.142. The zero-order chi connectivity index (χ0) is 13.0. The molecule has 2 rings (SSSR count). The normalized spacial score (nSPS) is 22.4. The van der Waals surface area contributed by atoms with E-state index in [2.05, 4.69) is 5.32 Å². The molecule has 1 unspecified atom stereocenters. The number of carboxylic acid groups (broad SMARTS) is 1. The Morgan fingerprint density at radius 2 is 1.89 bits per heavy atom. The first-order valence-electron chi connectivity index (χ1n) is 6.75. The van der Waals surface area contributed by atoms with Gasteiger partial charge in [-0.2, -0.15) is 0 Å². The quantitative estimate of drug-likeness (QED) is 0.743. The number of carbonyl (C=O) groups excluding carboxylic acids is 1. The van der Waals surface area contributed by atoms with Gasteiger partial charge in [-0.05, 0) is 25.2 Å². The van der Waals surface area contributed by atoms with Crippen LogP contribution < -0.4 is 5.32 Å². The maximum absolute atomic E-state index is 11.9. The first-order valence-corrected chi connectivity index (χ1v) is 6.75. The van der Waals surface area contributed by atoms with Crippen LogP contribution in [0.4, 0.5) is 0 Å². The second-order valence-electron chi connectivity index (χ2n) is 5.35. The molecule has 1 amide bonds. The van der Waals surface area contributed by atoms with E-state index in [1.54, 1.807) is 0 Å². The van der Waals surface area contributed by atoms with E-state index in [0.717, 1.165) is 25.7 Å². The lowest BCUT2D eigenvalue weighted by atomic mass is 9.98.